The molecule has 7 heteroatoms. The summed E-state index contributed by atoms with van der Waals surface area (Å²) in [5.41, 5.74) is 0.376. The van der Waals surface area contributed by atoms with Crippen LogP contribution in [0.15, 0.2) is 22.7 Å². The van der Waals surface area contributed by atoms with Crippen LogP contribution >= 0.6 is 15.9 Å². The number of anilines is 1. The fourth-order valence-corrected chi connectivity index (χ4v) is 1.54. The van der Waals surface area contributed by atoms with Crippen LogP contribution in [0.25, 0.3) is 0 Å². The third-order valence-electron chi connectivity index (χ3n) is 2.08. The summed E-state index contributed by atoms with van der Waals surface area (Å²) in [5, 5.41) is 2.39. The van der Waals surface area contributed by atoms with Crippen molar-refractivity contribution in [2.24, 2.45) is 0 Å². The molecule has 0 saturated heterocycles. The maximum atomic E-state index is 11.9. The second-order valence-corrected chi connectivity index (χ2v) is 4.36. The zero-order chi connectivity index (χ0) is 13.8. The van der Waals surface area contributed by atoms with Crippen LogP contribution in [0.4, 0.5) is 18.9 Å². The number of carbonyl (C=O) groups excluding carboxylic acids is 1. The Hall–Kier alpha value is -1.24. The molecule has 0 saturated carbocycles. The molecule has 0 spiro atoms. The number of hydrogen-bond donors (Lipinski definition) is 1. The molecule has 0 atom stereocenters. The third kappa shape index (κ3) is 4.95. The maximum Gasteiger partial charge on any atom is 0.389 e. The number of methoxy groups -OCH3 is 1. The quantitative estimate of drug-likeness (QED) is 0.915. The summed E-state index contributed by atoms with van der Waals surface area (Å²) in [6.07, 6.45) is -6.07. The minimum absolute atomic E-state index is 0.376. The van der Waals surface area contributed by atoms with Gasteiger partial charge in [0.1, 0.15) is 5.75 Å². The van der Waals surface area contributed by atoms with Gasteiger partial charge in [-0.1, -0.05) is 0 Å². The normalized spacial score (nSPS) is 11.2. The van der Waals surface area contributed by atoms with Gasteiger partial charge in [0.15, 0.2) is 0 Å². The molecule has 100 valence electrons. The predicted octanol–water partition coefficient (Wildman–Crippen LogP) is 3.74. The highest BCUT2D eigenvalue weighted by molar-refractivity contribution is 9.10. The van der Waals surface area contributed by atoms with Gasteiger partial charge in [-0.05, 0) is 28.1 Å². The number of alkyl halides is 3. The molecule has 1 aromatic rings. The molecule has 0 aliphatic carbocycles. The van der Waals surface area contributed by atoms with Crippen LogP contribution in [-0.2, 0) is 4.79 Å². The molecule has 0 heterocycles. The summed E-state index contributed by atoms with van der Waals surface area (Å²) in [5.74, 6) is -0.189. The van der Waals surface area contributed by atoms with E-state index in [-0.39, 0.29) is 0 Å². The van der Waals surface area contributed by atoms with Crippen LogP contribution in [0.5, 0.6) is 5.75 Å². The first kappa shape index (κ1) is 14.8. The fourth-order valence-electron chi connectivity index (χ4n) is 1.20. The van der Waals surface area contributed by atoms with Crippen molar-refractivity contribution in [2.75, 3.05) is 12.4 Å². The topological polar surface area (TPSA) is 38.3 Å². The second kappa shape index (κ2) is 6.08. The number of carbonyl (C=O) groups is 1. The van der Waals surface area contributed by atoms with Gasteiger partial charge >= 0.3 is 6.18 Å². The molecule has 3 nitrogen and oxygen atoms in total. The van der Waals surface area contributed by atoms with E-state index in [1.807, 2.05) is 0 Å². The number of ether oxygens (including phenoxy) is 1. The fraction of sp³-hybridized carbons (Fsp3) is 0.364. The summed E-state index contributed by atoms with van der Waals surface area (Å²) < 4.78 is 41.4. The Morgan fingerprint density at radius 1 is 1.44 bits per heavy atom. The van der Waals surface area contributed by atoms with Crippen LogP contribution in [0.2, 0.25) is 0 Å². The summed E-state index contributed by atoms with van der Waals surface area (Å²) in [7, 11) is 1.46. The average molecular weight is 326 g/mol. The van der Waals surface area contributed by atoms with Gasteiger partial charge in [-0.3, -0.25) is 4.79 Å². The Labute approximate surface area is 110 Å². The molecule has 1 rings (SSSR count). The van der Waals surface area contributed by atoms with Crippen LogP contribution < -0.4 is 10.1 Å². The van der Waals surface area contributed by atoms with E-state index in [2.05, 4.69) is 21.2 Å². The third-order valence-corrected chi connectivity index (χ3v) is 2.77. The van der Waals surface area contributed by atoms with E-state index in [1.54, 1.807) is 12.1 Å². The van der Waals surface area contributed by atoms with Gasteiger partial charge in [0.05, 0.1) is 19.2 Å². The van der Waals surface area contributed by atoms with Gasteiger partial charge < -0.3 is 10.1 Å². The standard InChI is InChI=1S/C11H11BrF3NO2/c1-18-7-2-3-8(12)9(6-7)16-10(17)4-5-11(13,14)15/h2-3,6H,4-5H2,1H3,(H,16,17). The SMILES string of the molecule is COc1ccc(Br)c(NC(=O)CCC(F)(F)F)c1. The van der Waals surface area contributed by atoms with E-state index in [0.29, 0.717) is 15.9 Å². The van der Waals surface area contributed by atoms with E-state index in [0.717, 1.165) is 0 Å². The molecule has 18 heavy (non-hydrogen) atoms. The Morgan fingerprint density at radius 3 is 2.67 bits per heavy atom. The largest absolute Gasteiger partial charge is 0.497 e. The first-order valence-electron chi connectivity index (χ1n) is 5.02. The van der Waals surface area contributed by atoms with Crippen molar-refractivity contribution in [3.8, 4) is 5.75 Å². The summed E-state index contributed by atoms with van der Waals surface area (Å²) >= 11 is 3.19. The number of halogens is 4. The van der Waals surface area contributed by atoms with E-state index in [1.165, 1.54) is 13.2 Å². The molecule has 1 N–H and O–H groups in total. The van der Waals surface area contributed by atoms with Crippen LogP contribution in [0.3, 0.4) is 0 Å². The molecule has 0 fully saturated rings. The Morgan fingerprint density at radius 2 is 2.11 bits per heavy atom. The molecule has 0 unspecified atom stereocenters. The minimum atomic E-state index is -4.33. The molecular weight excluding hydrogens is 315 g/mol. The number of rotatable bonds is 4. The van der Waals surface area contributed by atoms with E-state index < -0.39 is 24.9 Å². The number of benzene rings is 1. The molecule has 0 aliphatic heterocycles. The van der Waals surface area contributed by atoms with Gasteiger partial charge in [0.2, 0.25) is 5.91 Å². The predicted molar refractivity (Wildman–Crippen MR) is 64.6 cm³/mol. The Balaban J connectivity index is 2.64. The van der Waals surface area contributed by atoms with Crippen molar-refractivity contribution >= 4 is 27.5 Å². The van der Waals surface area contributed by atoms with Gasteiger partial charge in [-0.15, -0.1) is 0 Å². The second-order valence-electron chi connectivity index (χ2n) is 3.51. The summed E-state index contributed by atoms with van der Waals surface area (Å²) in [6, 6.07) is 4.82. The van der Waals surface area contributed by atoms with Gasteiger partial charge in [0, 0.05) is 17.0 Å². The van der Waals surface area contributed by atoms with Crippen molar-refractivity contribution in [1.29, 1.82) is 0 Å². The summed E-state index contributed by atoms with van der Waals surface area (Å²) in [6.45, 7) is 0. The highest BCUT2D eigenvalue weighted by Gasteiger charge is 2.27. The van der Waals surface area contributed by atoms with Crippen molar-refractivity contribution in [1.82, 2.24) is 0 Å². The molecule has 1 aromatic carbocycles. The van der Waals surface area contributed by atoms with E-state index in [9.17, 15) is 18.0 Å². The lowest BCUT2D eigenvalue weighted by molar-refractivity contribution is -0.142. The summed E-state index contributed by atoms with van der Waals surface area (Å²) in [4.78, 5) is 11.3. The smallest absolute Gasteiger partial charge is 0.389 e. The minimum Gasteiger partial charge on any atom is -0.497 e. The molecule has 0 bridgehead atoms. The zero-order valence-corrected chi connectivity index (χ0v) is 11.1. The molecule has 0 aliphatic rings. The molecular formula is C11H11BrF3NO2. The van der Waals surface area contributed by atoms with Crippen LogP contribution in [-0.4, -0.2) is 19.2 Å². The maximum absolute atomic E-state index is 11.9. The van der Waals surface area contributed by atoms with Crippen molar-refractivity contribution in [2.45, 2.75) is 19.0 Å². The van der Waals surface area contributed by atoms with Gasteiger partial charge in [0.25, 0.3) is 0 Å². The first-order valence-corrected chi connectivity index (χ1v) is 5.81. The average Bonchev–Trinajstić information content (AvgIpc) is 2.28. The molecule has 0 radical (unpaired) electrons. The lowest BCUT2D eigenvalue weighted by Gasteiger charge is -2.10. The number of nitrogens with one attached hydrogen (secondary N) is 1. The highest BCUT2D eigenvalue weighted by atomic mass is 79.9. The highest BCUT2D eigenvalue weighted by Crippen LogP contribution is 2.28. The van der Waals surface area contributed by atoms with Crippen molar-refractivity contribution < 1.29 is 22.7 Å². The van der Waals surface area contributed by atoms with Crippen LogP contribution in [0, 0.1) is 0 Å². The number of hydrogen-bond acceptors (Lipinski definition) is 2. The van der Waals surface area contributed by atoms with E-state index >= 15 is 0 Å². The molecule has 0 aromatic heterocycles. The Kier molecular flexibility index (Phi) is 5.01. The number of amides is 1. The van der Waals surface area contributed by atoms with Crippen LogP contribution in [0.1, 0.15) is 12.8 Å². The monoisotopic (exact) mass is 325 g/mol. The van der Waals surface area contributed by atoms with Crippen molar-refractivity contribution in [3.63, 3.8) is 0 Å². The Bertz CT molecular complexity index is 435. The lowest BCUT2D eigenvalue weighted by Crippen LogP contribution is -2.16. The zero-order valence-electron chi connectivity index (χ0n) is 9.47. The van der Waals surface area contributed by atoms with Crippen molar-refractivity contribution in [3.05, 3.63) is 22.7 Å². The van der Waals surface area contributed by atoms with E-state index in [4.69, 9.17) is 4.74 Å². The molecule has 1 amide bonds. The first-order chi connectivity index (χ1) is 8.31. The van der Waals surface area contributed by atoms with Gasteiger partial charge in [-0.2, -0.15) is 13.2 Å². The van der Waals surface area contributed by atoms with Gasteiger partial charge in [-0.25, -0.2) is 0 Å². The lowest BCUT2D eigenvalue weighted by atomic mass is 10.2.